The lowest BCUT2D eigenvalue weighted by atomic mass is 10.2. The first-order valence-electron chi connectivity index (χ1n) is 6.06. The molecule has 5 heteroatoms. The summed E-state index contributed by atoms with van der Waals surface area (Å²) >= 11 is 0. The SMILES string of the molecule is C=CCN(Cc1ccccn1)[C@H]1CCS(=O)(=O)C1. The van der Waals surface area contributed by atoms with Gasteiger partial charge in [0.25, 0.3) is 0 Å². The van der Waals surface area contributed by atoms with Crippen molar-refractivity contribution in [2.45, 2.75) is 19.0 Å². The van der Waals surface area contributed by atoms with E-state index in [1.807, 2.05) is 24.3 Å². The van der Waals surface area contributed by atoms with Gasteiger partial charge in [-0.05, 0) is 18.6 Å². The maximum absolute atomic E-state index is 11.5. The predicted molar refractivity (Wildman–Crippen MR) is 71.9 cm³/mol. The fourth-order valence-electron chi connectivity index (χ4n) is 2.27. The second-order valence-corrected chi connectivity index (χ2v) is 6.82. The summed E-state index contributed by atoms with van der Waals surface area (Å²) in [7, 11) is -2.85. The Bertz CT molecular complexity index is 499. The average molecular weight is 266 g/mol. The van der Waals surface area contributed by atoms with E-state index in [-0.39, 0.29) is 11.8 Å². The lowest BCUT2D eigenvalue weighted by Gasteiger charge is -2.26. The summed E-state index contributed by atoms with van der Waals surface area (Å²) in [5, 5.41) is 0. The molecule has 1 aliphatic rings. The molecule has 0 aromatic carbocycles. The predicted octanol–water partition coefficient (Wildman–Crippen LogP) is 1.26. The topological polar surface area (TPSA) is 50.3 Å². The summed E-state index contributed by atoms with van der Waals surface area (Å²) in [4.78, 5) is 6.42. The van der Waals surface area contributed by atoms with E-state index in [9.17, 15) is 8.42 Å². The molecule has 98 valence electrons. The van der Waals surface area contributed by atoms with Crippen LogP contribution in [0, 0.1) is 0 Å². The van der Waals surface area contributed by atoms with E-state index < -0.39 is 9.84 Å². The Balaban J connectivity index is 2.07. The molecule has 1 aromatic heterocycles. The molecule has 1 fully saturated rings. The van der Waals surface area contributed by atoms with Crippen molar-refractivity contribution in [1.29, 1.82) is 0 Å². The Labute approximate surface area is 108 Å². The number of nitrogens with zero attached hydrogens (tertiary/aromatic N) is 2. The molecule has 1 aliphatic heterocycles. The van der Waals surface area contributed by atoms with Gasteiger partial charge in [-0.15, -0.1) is 6.58 Å². The molecule has 0 saturated carbocycles. The lowest BCUT2D eigenvalue weighted by molar-refractivity contribution is 0.224. The Morgan fingerprint density at radius 2 is 2.33 bits per heavy atom. The molecule has 2 rings (SSSR count). The van der Waals surface area contributed by atoms with E-state index in [1.54, 1.807) is 6.20 Å². The molecule has 2 heterocycles. The average Bonchev–Trinajstić information content (AvgIpc) is 2.70. The second-order valence-electron chi connectivity index (χ2n) is 4.60. The van der Waals surface area contributed by atoms with Crippen LogP contribution in [-0.4, -0.2) is 42.4 Å². The van der Waals surface area contributed by atoms with Crippen LogP contribution in [0.3, 0.4) is 0 Å². The number of hydrogen-bond acceptors (Lipinski definition) is 4. The minimum atomic E-state index is -2.85. The molecule has 0 radical (unpaired) electrons. The Morgan fingerprint density at radius 1 is 1.50 bits per heavy atom. The zero-order valence-electron chi connectivity index (χ0n) is 10.3. The molecule has 4 nitrogen and oxygen atoms in total. The fourth-order valence-corrected chi connectivity index (χ4v) is 4.03. The van der Waals surface area contributed by atoms with Gasteiger partial charge in [0.05, 0.1) is 17.2 Å². The summed E-state index contributed by atoms with van der Waals surface area (Å²) in [5.74, 6) is 0.557. The molecule has 1 aromatic rings. The molecule has 1 saturated heterocycles. The van der Waals surface area contributed by atoms with E-state index >= 15 is 0 Å². The molecule has 0 N–H and O–H groups in total. The van der Waals surface area contributed by atoms with E-state index in [0.717, 1.165) is 5.69 Å². The fraction of sp³-hybridized carbons (Fsp3) is 0.462. The Kier molecular flexibility index (Phi) is 4.14. The van der Waals surface area contributed by atoms with Crippen LogP contribution in [-0.2, 0) is 16.4 Å². The summed E-state index contributed by atoms with van der Waals surface area (Å²) in [6.45, 7) is 5.10. The molecule has 0 bridgehead atoms. The van der Waals surface area contributed by atoms with Gasteiger partial charge in [-0.1, -0.05) is 12.1 Å². The standard InChI is InChI=1S/C13H18N2O2S/c1-2-8-15(10-12-5-3-4-7-14-12)13-6-9-18(16,17)11-13/h2-5,7,13H,1,6,8-11H2/t13-/m0/s1. The molecule has 18 heavy (non-hydrogen) atoms. The van der Waals surface area contributed by atoms with Crippen molar-refractivity contribution in [1.82, 2.24) is 9.88 Å². The summed E-state index contributed by atoms with van der Waals surface area (Å²) in [6, 6.07) is 5.87. The van der Waals surface area contributed by atoms with Gasteiger partial charge < -0.3 is 0 Å². The van der Waals surface area contributed by atoms with Gasteiger partial charge in [-0.3, -0.25) is 9.88 Å². The van der Waals surface area contributed by atoms with E-state index in [2.05, 4.69) is 16.5 Å². The van der Waals surface area contributed by atoms with Gasteiger partial charge in [0.1, 0.15) is 0 Å². The largest absolute Gasteiger partial charge is 0.290 e. The summed E-state index contributed by atoms with van der Waals surface area (Å²) < 4.78 is 23.1. The van der Waals surface area contributed by atoms with E-state index in [4.69, 9.17) is 0 Å². The number of rotatable bonds is 5. The first-order valence-corrected chi connectivity index (χ1v) is 7.88. The molecule has 0 unspecified atom stereocenters. The summed E-state index contributed by atoms with van der Waals surface area (Å²) in [5.41, 5.74) is 0.962. The van der Waals surface area contributed by atoms with Crippen LogP contribution in [0.1, 0.15) is 12.1 Å². The number of sulfone groups is 1. The molecular formula is C13H18N2O2S. The van der Waals surface area contributed by atoms with Gasteiger partial charge in [0, 0.05) is 25.3 Å². The second kappa shape index (κ2) is 5.63. The van der Waals surface area contributed by atoms with Crippen LogP contribution >= 0.6 is 0 Å². The molecule has 0 spiro atoms. The number of hydrogen-bond donors (Lipinski definition) is 0. The third-order valence-corrected chi connectivity index (χ3v) is 4.93. The quantitative estimate of drug-likeness (QED) is 0.753. The number of aromatic nitrogens is 1. The van der Waals surface area contributed by atoms with Crippen molar-refractivity contribution in [2.24, 2.45) is 0 Å². The smallest absolute Gasteiger partial charge is 0.151 e. The van der Waals surface area contributed by atoms with Crippen LogP contribution in [0.25, 0.3) is 0 Å². The molecular weight excluding hydrogens is 248 g/mol. The normalized spacial score (nSPS) is 22.2. The minimum Gasteiger partial charge on any atom is -0.290 e. The Morgan fingerprint density at radius 3 is 2.89 bits per heavy atom. The minimum absolute atomic E-state index is 0.0926. The van der Waals surface area contributed by atoms with E-state index in [0.29, 0.717) is 25.3 Å². The highest BCUT2D eigenvalue weighted by molar-refractivity contribution is 7.91. The summed E-state index contributed by atoms with van der Waals surface area (Å²) in [6.07, 6.45) is 4.28. The lowest BCUT2D eigenvalue weighted by Crippen LogP contribution is -2.36. The third-order valence-electron chi connectivity index (χ3n) is 3.18. The van der Waals surface area contributed by atoms with Crippen molar-refractivity contribution in [2.75, 3.05) is 18.1 Å². The van der Waals surface area contributed by atoms with Gasteiger partial charge in [-0.2, -0.15) is 0 Å². The van der Waals surface area contributed by atoms with Gasteiger partial charge >= 0.3 is 0 Å². The van der Waals surface area contributed by atoms with Crippen molar-refractivity contribution >= 4 is 9.84 Å². The number of pyridine rings is 1. The highest BCUT2D eigenvalue weighted by Gasteiger charge is 2.31. The maximum atomic E-state index is 11.5. The van der Waals surface area contributed by atoms with Crippen LogP contribution in [0.4, 0.5) is 0 Å². The van der Waals surface area contributed by atoms with Gasteiger partial charge in [0.15, 0.2) is 9.84 Å². The molecule has 0 amide bonds. The molecule has 0 aliphatic carbocycles. The monoisotopic (exact) mass is 266 g/mol. The van der Waals surface area contributed by atoms with Crippen molar-refractivity contribution in [3.63, 3.8) is 0 Å². The highest BCUT2D eigenvalue weighted by atomic mass is 32.2. The van der Waals surface area contributed by atoms with Crippen LogP contribution in [0.5, 0.6) is 0 Å². The van der Waals surface area contributed by atoms with Gasteiger partial charge in [-0.25, -0.2) is 8.42 Å². The van der Waals surface area contributed by atoms with Crippen LogP contribution in [0.15, 0.2) is 37.1 Å². The zero-order valence-corrected chi connectivity index (χ0v) is 11.1. The first kappa shape index (κ1) is 13.2. The van der Waals surface area contributed by atoms with E-state index in [1.165, 1.54) is 0 Å². The van der Waals surface area contributed by atoms with Gasteiger partial charge in [0.2, 0.25) is 0 Å². The first-order chi connectivity index (χ1) is 8.61. The van der Waals surface area contributed by atoms with Crippen LogP contribution < -0.4 is 0 Å². The highest BCUT2D eigenvalue weighted by Crippen LogP contribution is 2.19. The third kappa shape index (κ3) is 3.40. The van der Waals surface area contributed by atoms with Crippen LogP contribution in [0.2, 0.25) is 0 Å². The van der Waals surface area contributed by atoms with Crippen molar-refractivity contribution in [3.05, 3.63) is 42.7 Å². The van der Waals surface area contributed by atoms with Crippen molar-refractivity contribution < 1.29 is 8.42 Å². The molecule has 1 atom stereocenters. The zero-order chi connectivity index (χ0) is 13.0. The van der Waals surface area contributed by atoms with Crippen molar-refractivity contribution in [3.8, 4) is 0 Å². The Hall–Kier alpha value is -1.20. The maximum Gasteiger partial charge on any atom is 0.151 e.